The van der Waals surface area contributed by atoms with Gasteiger partial charge in [-0.1, -0.05) is 30.0 Å². The predicted octanol–water partition coefficient (Wildman–Crippen LogP) is 1.41. The van der Waals surface area contributed by atoms with Crippen molar-refractivity contribution in [3.8, 4) is 0 Å². The number of carbonyl (C=O) groups is 1. The van der Waals surface area contributed by atoms with Gasteiger partial charge in [0.25, 0.3) is 0 Å². The Morgan fingerprint density at radius 2 is 2.08 bits per heavy atom. The fourth-order valence-corrected chi connectivity index (χ4v) is 1.67. The number of hydrogen-bond donors (Lipinski definition) is 2. The Balaban J connectivity index is 2.62. The van der Waals surface area contributed by atoms with E-state index in [4.69, 9.17) is 5.11 Å². The van der Waals surface area contributed by atoms with Crippen LogP contribution in [0.3, 0.4) is 0 Å². The molecule has 0 spiro atoms. The van der Waals surface area contributed by atoms with Gasteiger partial charge in [-0.05, 0) is 19.2 Å². The minimum absolute atomic E-state index is 0.581. The van der Waals surface area contributed by atoms with Gasteiger partial charge in [0.2, 0.25) is 0 Å². The number of aliphatic carboxylic acids is 1. The van der Waals surface area contributed by atoms with Crippen molar-refractivity contribution in [1.82, 2.24) is 5.32 Å². The summed E-state index contributed by atoms with van der Waals surface area (Å²) in [4.78, 5) is 11.6. The van der Waals surface area contributed by atoms with Crippen molar-refractivity contribution < 1.29 is 9.90 Å². The Hall–Kier alpha value is -1.00. The molecule has 2 N–H and O–H groups in total. The average molecular weight is 197 g/mol. The standard InChI is InChI=1S/C9H11NO2S/c1-10-8(9(11)12)13-7-5-3-2-4-6-7/h2-6,8,10H,1H3,(H,11,12). The van der Waals surface area contributed by atoms with Crippen molar-refractivity contribution in [3.63, 3.8) is 0 Å². The lowest BCUT2D eigenvalue weighted by Gasteiger charge is -2.09. The first-order chi connectivity index (χ1) is 6.24. The summed E-state index contributed by atoms with van der Waals surface area (Å²) in [6.45, 7) is 0. The highest BCUT2D eigenvalue weighted by molar-refractivity contribution is 8.00. The number of thioether (sulfide) groups is 1. The van der Waals surface area contributed by atoms with Crippen molar-refractivity contribution >= 4 is 17.7 Å². The normalized spacial score (nSPS) is 12.4. The molecule has 1 aromatic rings. The summed E-state index contributed by atoms with van der Waals surface area (Å²) in [5.74, 6) is -0.851. The summed E-state index contributed by atoms with van der Waals surface area (Å²) in [6.07, 6.45) is 0. The fourth-order valence-electron chi connectivity index (χ4n) is 0.868. The van der Waals surface area contributed by atoms with Gasteiger partial charge in [-0.2, -0.15) is 0 Å². The third-order valence-corrected chi connectivity index (χ3v) is 2.70. The third kappa shape index (κ3) is 3.08. The van der Waals surface area contributed by atoms with Gasteiger partial charge in [0.05, 0.1) is 0 Å². The third-order valence-electron chi connectivity index (χ3n) is 1.48. The average Bonchev–Trinajstić information content (AvgIpc) is 2.15. The summed E-state index contributed by atoms with van der Waals surface area (Å²) >= 11 is 1.29. The van der Waals surface area contributed by atoms with Crippen molar-refractivity contribution in [2.75, 3.05) is 7.05 Å². The van der Waals surface area contributed by atoms with Crippen molar-refractivity contribution in [2.24, 2.45) is 0 Å². The van der Waals surface area contributed by atoms with E-state index in [1.807, 2.05) is 30.3 Å². The molecule has 0 heterocycles. The molecule has 0 saturated carbocycles. The van der Waals surface area contributed by atoms with Crippen LogP contribution >= 0.6 is 11.8 Å². The lowest BCUT2D eigenvalue weighted by Crippen LogP contribution is -2.30. The van der Waals surface area contributed by atoms with E-state index >= 15 is 0 Å². The van der Waals surface area contributed by atoms with Gasteiger partial charge >= 0.3 is 5.97 Å². The van der Waals surface area contributed by atoms with E-state index in [1.165, 1.54) is 11.8 Å². The van der Waals surface area contributed by atoms with Gasteiger partial charge < -0.3 is 5.11 Å². The lowest BCUT2D eigenvalue weighted by atomic mass is 10.4. The maximum absolute atomic E-state index is 10.7. The van der Waals surface area contributed by atoms with Crippen molar-refractivity contribution in [3.05, 3.63) is 30.3 Å². The summed E-state index contributed by atoms with van der Waals surface area (Å²) in [5, 5.41) is 10.9. The SMILES string of the molecule is CNC(Sc1ccccc1)C(=O)O. The monoisotopic (exact) mass is 197 g/mol. The van der Waals surface area contributed by atoms with Gasteiger partial charge in [0.1, 0.15) is 0 Å². The maximum atomic E-state index is 10.7. The predicted molar refractivity (Wildman–Crippen MR) is 52.8 cm³/mol. The second-order valence-electron chi connectivity index (χ2n) is 2.44. The number of rotatable bonds is 4. The Morgan fingerprint density at radius 1 is 1.46 bits per heavy atom. The number of hydrogen-bond acceptors (Lipinski definition) is 3. The van der Waals surface area contributed by atoms with Crippen LogP contribution in [0.25, 0.3) is 0 Å². The number of benzene rings is 1. The molecule has 0 bridgehead atoms. The Bertz CT molecular complexity index is 276. The largest absolute Gasteiger partial charge is 0.479 e. The van der Waals surface area contributed by atoms with Crippen LogP contribution in [0.15, 0.2) is 35.2 Å². The van der Waals surface area contributed by atoms with Crippen LogP contribution in [0.4, 0.5) is 0 Å². The van der Waals surface area contributed by atoms with Crippen molar-refractivity contribution in [1.29, 1.82) is 0 Å². The molecule has 70 valence electrons. The van der Waals surface area contributed by atoms with Crippen LogP contribution in [-0.4, -0.2) is 23.5 Å². The zero-order chi connectivity index (χ0) is 9.68. The number of carboxylic acids is 1. The highest BCUT2D eigenvalue weighted by atomic mass is 32.2. The molecular formula is C9H11NO2S. The summed E-state index contributed by atoms with van der Waals surface area (Å²) in [7, 11) is 1.63. The summed E-state index contributed by atoms with van der Waals surface area (Å²) in [5.41, 5.74) is 0. The van der Waals surface area contributed by atoms with Crippen LogP contribution in [0.2, 0.25) is 0 Å². The fraction of sp³-hybridized carbons (Fsp3) is 0.222. The van der Waals surface area contributed by atoms with Gasteiger partial charge in [0.15, 0.2) is 5.37 Å². The van der Waals surface area contributed by atoms with Crippen LogP contribution in [0.5, 0.6) is 0 Å². The molecule has 0 aliphatic rings. The molecule has 13 heavy (non-hydrogen) atoms. The van der Waals surface area contributed by atoms with Crippen LogP contribution in [0.1, 0.15) is 0 Å². The van der Waals surface area contributed by atoms with Gasteiger partial charge in [-0.15, -0.1) is 0 Å². The molecule has 0 saturated heterocycles. The first kappa shape index (κ1) is 10.1. The van der Waals surface area contributed by atoms with Gasteiger partial charge in [-0.3, -0.25) is 5.32 Å². The van der Waals surface area contributed by atoms with E-state index < -0.39 is 11.3 Å². The van der Waals surface area contributed by atoms with Gasteiger partial charge in [0, 0.05) is 4.90 Å². The number of nitrogens with one attached hydrogen (secondary N) is 1. The molecule has 0 aromatic heterocycles. The quantitative estimate of drug-likeness (QED) is 0.566. The maximum Gasteiger partial charge on any atom is 0.331 e. The molecule has 0 amide bonds. The van der Waals surface area contributed by atoms with E-state index in [1.54, 1.807) is 7.05 Å². The van der Waals surface area contributed by atoms with Crippen molar-refractivity contribution in [2.45, 2.75) is 10.3 Å². The van der Waals surface area contributed by atoms with E-state index in [0.717, 1.165) is 4.90 Å². The topological polar surface area (TPSA) is 49.3 Å². The zero-order valence-electron chi connectivity index (χ0n) is 7.23. The second kappa shape index (κ2) is 4.89. The number of carboxylic acid groups (broad SMARTS) is 1. The highest BCUT2D eigenvalue weighted by Crippen LogP contribution is 2.20. The van der Waals surface area contributed by atoms with Gasteiger partial charge in [-0.25, -0.2) is 4.79 Å². The Kier molecular flexibility index (Phi) is 3.79. The Morgan fingerprint density at radius 3 is 2.54 bits per heavy atom. The Labute approximate surface area is 81.2 Å². The first-order valence-electron chi connectivity index (χ1n) is 3.86. The molecule has 1 unspecified atom stereocenters. The van der Waals surface area contributed by atoms with Crippen LogP contribution < -0.4 is 5.32 Å². The summed E-state index contributed by atoms with van der Waals surface area (Å²) < 4.78 is 0. The van der Waals surface area contributed by atoms with Crippen LogP contribution in [0, 0.1) is 0 Å². The minimum Gasteiger partial charge on any atom is -0.479 e. The molecule has 3 nitrogen and oxygen atoms in total. The molecule has 0 fully saturated rings. The van der Waals surface area contributed by atoms with E-state index in [2.05, 4.69) is 5.32 Å². The molecule has 1 atom stereocenters. The van der Waals surface area contributed by atoms with E-state index in [-0.39, 0.29) is 0 Å². The highest BCUT2D eigenvalue weighted by Gasteiger charge is 2.15. The molecular weight excluding hydrogens is 186 g/mol. The molecule has 0 aliphatic carbocycles. The smallest absolute Gasteiger partial charge is 0.331 e. The minimum atomic E-state index is -0.851. The first-order valence-corrected chi connectivity index (χ1v) is 4.74. The number of likely N-dealkylation sites (N-methyl/N-ethyl adjacent to an activating group) is 1. The zero-order valence-corrected chi connectivity index (χ0v) is 8.04. The molecule has 0 aliphatic heterocycles. The molecule has 1 rings (SSSR count). The second-order valence-corrected chi connectivity index (χ2v) is 3.62. The lowest BCUT2D eigenvalue weighted by molar-refractivity contribution is -0.136. The van der Waals surface area contributed by atoms with Crippen LogP contribution in [-0.2, 0) is 4.79 Å². The molecule has 1 aromatic carbocycles. The molecule has 4 heteroatoms. The van der Waals surface area contributed by atoms with E-state index in [0.29, 0.717) is 0 Å². The van der Waals surface area contributed by atoms with E-state index in [9.17, 15) is 4.79 Å². The molecule has 0 radical (unpaired) electrons. The summed E-state index contributed by atoms with van der Waals surface area (Å²) in [6, 6.07) is 9.45.